The number of aromatic carboxylic acids is 1. The van der Waals surface area contributed by atoms with Crippen molar-refractivity contribution in [2.24, 2.45) is 0 Å². The Morgan fingerprint density at radius 3 is 2.54 bits per heavy atom. The second-order valence-electron chi connectivity index (χ2n) is 3.27. The van der Waals surface area contributed by atoms with Crippen LogP contribution in [0.4, 0.5) is 0 Å². The molecule has 0 radical (unpaired) electrons. The van der Waals surface area contributed by atoms with Gasteiger partial charge in [-0.3, -0.25) is 0 Å². The standard InChI is InChI=1S/C9H11NO3/c1-9(2,13)7-5-3-4-6(10-7)8(11)12/h3-5,13H,1-2H3,(H,11,12). The van der Waals surface area contributed by atoms with Gasteiger partial charge in [-0.25, -0.2) is 9.78 Å². The second kappa shape index (κ2) is 3.14. The average Bonchev–Trinajstić information content (AvgIpc) is 2.03. The summed E-state index contributed by atoms with van der Waals surface area (Å²) in [5, 5.41) is 18.2. The van der Waals surface area contributed by atoms with E-state index in [4.69, 9.17) is 5.11 Å². The van der Waals surface area contributed by atoms with E-state index in [0.29, 0.717) is 5.69 Å². The summed E-state index contributed by atoms with van der Waals surface area (Å²) in [7, 11) is 0. The number of nitrogens with zero attached hydrogens (tertiary/aromatic N) is 1. The Bertz CT molecular complexity index is 328. The highest BCUT2D eigenvalue weighted by Gasteiger charge is 2.18. The summed E-state index contributed by atoms with van der Waals surface area (Å²) in [5.41, 5.74) is -0.808. The van der Waals surface area contributed by atoms with E-state index in [0.717, 1.165) is 0 Å². The summed E-state index contributed by atoms with van der Waals surface area (Å²) in [6.45, 7) is 3.11. The van der Waals surface area contributed by atoms with Gasteiger partial charge < -0.3 is 10.2 Å². The van der Waals surface area contributed by atoms with Gasteiger partial charge in [-0.2, -0.15) is 0 Å². The fraction of sp³-hybridized carbons (Fsp3) is 0.333. The van der Waals surface area contributed by atoms with Crippen LogP contribution < -0.4 is 0 Å². The van der Waals surface area contributed by atoms with Crippen LogP contribution >= 0.6 is 0 Å². The third kappa shape index (κ3) is 2.26. The Morgan fingerprint density at radius 2 is 2.08 bits per heavy atom. The topological polar surface area (TPSA) is 70.4 Å². The van der Waals surface area contributed by atoms with Crippen molar-refractivity contribution < 1.29 is 15.0 Å². The molecule has 0 amide bonds. The van der Waals surface area contributed by atoms with E-state index in [9.17, 15) is 9.90 Å². The largest absolute Gasteiger partial charge is 0.477 e. The quantitative estimate of drug-likeness (QED) is 0.714. The Morgan fingerprint density at radius 1 is 1.46 bits per heavy atom. The number of hydrogen-bond acceptors (Lipinski definition) is 3. The highest BCUT2D eigenvalue weighted by atomic mass is 16.4. The van der Waals surface area contributed by atoms with Gasteiger partial charge in [-0.1, -0.05) is 6.07 Å². The molecular weight excluding hydrogens is 170 g/mol. The summed E-state index contributed by atoms with van der Waals surface area (Å²) in [4.78, 5) is 14.3. The van der Waals surface area contributed by atoms with Crippen LogP contribution in [-0.4, -0.2) is 21.2 Å². The Hall–Kier alpha value is -1.42. The smallest absolute Gasteiger partial charge is 0.354 e. The Labute approximate surface area is 75.9 Å². The van der Waals surface area contributed by atoms with Crippen molar-refractivity contribution in [1.29, 1.82) is 0 Å². The number of carbonyl (C=O) groups is 1. The molecule has 4 nitrogen and oxygen atoms in total. The van der Waals surface area contributed by atoms with Crippen LogP contribution in [0.25, 0.3) is 0 Å². The van der Waals surface area contributed by atoms with E-state index in [1.807, 2.05) is 0 Å². The number of aliphatic hydroxyl groups is 1. The zero-order chi connectivity index (χ0) is 10.1. The molecule has 0 aliphatic carbocycles. The van der Waals surface area contributed by atoms with Gasteiger partial charge in [0.2, 0.25) is 0 Å². The first-order valence-electron chi connectivity index (χ1n) is 3.84. The van der Waals surface area contributed by atoms with Crippen LogP contribution in [0.2, 0.25) is 0 Å². The molecule has 0 fully saturated rings. The van der Waals surface area contributed by atoms with Crippen molar-refractivity contribution in [2.75, 3.05) is 0 Å². The van der Waals surface area contributed by atoms with E-state index in [1.54, 1.807) is 26.0 Å². The maximum atomic E-state index is 10.5. The number of aromatic nitrogens is 1. The van der Waals surface area contributed by atoms with E-state index in [-0.39, 0.29) is 5.69 Å². The van der Waals surface area contributed by atoms with Crippen LogP contribution in [0.1, 0.15) is 30.0 Å². The number of rotatable bonds is 2. The van der Waals surface area contributed by atoms with Gasteiger partial charge in [-0.15, -0.1) is 0 Å². The molecule has 0 saturated heterocycles. The molecular formula is C9H11NO3. The minimum absolute atomic E-state index is 0.0559. The lowest BCUT2D eigenvalue weighted by Gasteiger charge is -2.16. The molecule has 0 atom stereocenters. The molecule has 70 valence electrons. The highest BCUT2D eigenvalue weighted by Crippen LogP contribution is 2.16. The molecule has 2 N–H and O–H groups in total. The van der Waals surface area contributed by atoms with Crippen LogP contribution in [0, 0.1) is 0 Å². The number of carboxylic acid groups (broad SMARTS) is 1. The van der Waals surface area contributed by atoms with Crippen molar-refractivity contribution in [3.8, 4) is 0 Å². The van der Waals surface area contributed by atoms with Gasteiger partial charge in [-0.05, 0) is 26.0 Å². The molecule has 0 unspecified atom stereocenters. The molecule has 0 saturated carbocycles. The van der Waals surface area contributed by atoms with Gasteiger partial charge in [0.25, 0.3) is 0 Å². The first kappa shape index (κ1) is 9.67. The molecule has 0 aromatic carbocycles. The van der Waals surface area contributed by atoms with Crippen molar-refractivity contribution in [2.45, 2.75) is 19.4 Å². The molecule has 0 aliphatic rings. The van der Waals surface area contributed by atoms with Crippen LogP contribution in [0.3, 0.4) is 0 Å². The molecule has 1 rings (SSSR count). The predicted octanol–water partition coefficient (Wildman–Crippen LogP) is 1.01. The lowest BCUT2D eigenvalue weighted by molar-refractivity contribution is 0.0671. The summed E-state index contributed by atoms with van der Waals surface area (Å²) in [6, 6.07) is 4.54. The fourth-order valence-corrected chi connectivity index (χ4v) is 0.895. The first-order valence-corrected chi connectivity index (χ1v) is 3.84. The highest BCUT2D eigenvalue weighted by molar-refractivity contribution is 5.85. The molecule has 0 spiro atoms. The number of carboxylic acids is 1. The third-order valence-corrected chi connectivity index (χ3v) is 1.60. The minimum Gasteiger partial charge on any atom is -0.477 e. The van der Waals surface area contributed by atoms with Gasteiger partial charge in [0, 0.05) is 0 Å². The third-order valence-electron chi connectivity index (χ3n) is 1.60. The van der Waals surface area contributed by atoms with Crippen LogP contribution in [-0.2, 0) is 5.60 Å². The number of pyridine rings is 1. The number of hydrogen-bond donors (Lipinski definition) is 2. The molecule has 1 heterocycles. The molecule has 1 aromatic heterocycles. The van der Waals surface area contributed by atoms with E-state index < -0.39 is 11.6 Å². The van der Waals surface area contributed by atoms with Gasteiger partial charge in [0.1, 0.15) is 11.3 Å². The first-order chi connectivity index (χ1) is 5.91. The Kier molecular flexibility index (Phi) is 2.34. The zero-order valence-electron chi connectivity index (χ0n) is 7.48. The maximum Gasteiger partial charge on any atom is 0.354 e. The van der Waals surface area contributed by atoms with E-state index in [2.05, 4.69) is 4.98 Å². The summed E-state index contributed by atoms with van der Waals surface area (Å²) >= 11 is 0. The lowest BCUT2D eigenvalue weighted by Crippen LogP contribution is -2.18. The Balaban J connectivity index is 3.13. The SMILES string of the molecule is CC(C)(O)c1cccc(C(=O)O)n1. The van der Waals surface area contributed by atoms with Crippen molar-refractivity contribution in [3.63, 3.8) is 0 Å². The molecule has 1 aromatic rings. The molecule has 4 heteroatoms. The summed E-state index contributed by atoms with van der Waals surface area (Å²) in [5.74, 6) is -1.09. The normalized spacial score (nSPS) is 11.3. The van der Waals surface area contributed by atoms with Crippen molar-refractivity contribution in [1.82, 2.24) is 4.98 Å². The van der Waals surface area contributed by atoms with Gasteiger partial charge >= 0.3 is 5.97 Å². The summed E-state index contributed by atoms with van der Waals surface area (Å²) in [6.07, 6.45) is 0. The predicted molar refractivity (Wildman–Crippen MR) is 46.4 cm³/mol. The van der Waals surface area contributed by atoms with Gasteiger partial charge in [0.05, 0.1) is 5.69 Å². The maximum absolute atomic E-state index is 10.5. The van der Waals surface area contributed by atoms with E-state index >= 15 is 0 Å². The zero-order valence-corrected chi connectivity index (χ0v) is 7.48. The van der Waals surface area contributed by atoms with Crippen LogP contribution in [0.15, 0.2) is 18.2 Å². The molecule has 0 aliphatic heterocycles. The van der Waals surface area contributed by atoms with Crippen molar-refractivity contribution >= 4 is 5.97 Å². The van der Waals surface area contributed by atoms with Crippen LogP contribution in [0.5, 0.6) is 0 Å². The lowest BCUT2D eigenvalue weighted by atomic mass is 10.0. The molecule has 13 heavy (non-hydrogen) atoms. The monoisotopic (exact) mass is 181 g/mol. The van der Waals surface area contributed by atoms with Crippen molar-refractivity contribution in [3.05, 3.63) is 29.6 Å². The molecule has 0 bridgehead atoms. The average molecular weight is 181 g/mol. The second-order valence-corrected chi connectivity index (χ2v) is 3.27. The van der Waals surface area contributed by atoms with E-state index in [1.165, 1.54) is 6.07 Å². The minimum atomic E-state index is -1.11. The fourth-order valence-electron chi connectivity index (χ4n) is 0.895. The van der Waals surface area contributed by atoms with Gasteiger partial charge in [0.15, 0.2) is 0 Å². The summed E-state index contributed by atoms with van der Waals surface area (Å²) < 4.78 is 0.